The van der Waals surface area contributed by atoms with Crippen LogP contribution in [0.15, 0.2) is 41.7 Å². The molecule has 0 aliphatic carbocycles. The highest BCUT2D eigenvalue weighted by Gasteiger charge is 2.15. The average molecular weight is 370 g/mol. The second-order valence-electron chi connectivity index (χ2n) is 5.97. The zero-order valence-corrected chi connectivity index (χ0v) is 16.0. The van der Waals surface area contributed by atoms with E-state index >= 15 is 0 Å². The largest absolute Gasteiger partial charge is 0.349 e. The van der Waals surface area contributed by atoms with Crippen molar-refractivity contribution in [3.8, 4) is 5.69 Å². The fourth-order valence-corrected chi connectivity index (χ4v) is 3.18. The summed E-state index contributed by atoms with van der Waals surface area (Å²) in [6.45, 7) is 4.87. The Balaban J connectivity index is 1.67. The first kappa shape index (κ1) is 18.2. The number of hydrogen-bond donors (Lipinski definition) is 1. The van der Waals surface area contributed by atoms with Crippen LogP contribution < -0.4 is 5.32 Å². The van der Waals surface area contributed by atoms with Gasteiger partial charge in [0.1, 0.15) is 0 Å². The molecular formula is C18H22N6OS. The SMILES string of the molecule is CSc1nnc(CNC(=O)CCn2ccc(C)n2)n1-c1ccccc1C. The third kappa shape index (κ3) is 4.13. The van der Waals surface area contributed by atoms with E-state index in [0.29, 0.717) is 25.3 Å². The van der Waals surface area contributed by atoms with Crippen molar-refractivity contribution < 1.29 is 4.79 Å². The first-order valence-electron chi connectivity index (χ1n) is 8.39. The third-order valence-corrected chi connectivity index (χ3v) is 4.65. The first-order chi connectivity index (χ1) is 12.6. The molecule has 0 fully saturated rings. The quantitative estimate of drug-likeness (QED) is 0.647. The maximum Gasteiger partial charge on any atom is 0.222 e. The number of amides is 1. The van der Waals surface area contributed by atoms with Crippen LogP contribution >= 0.6 is 11.8 Å². The van der Waals surface area contributed by atoms with Crippen LogP contribution in [0.3, 0.4) is 0 Å². The van der Waals surface area contributed by atoms with Crippen molar-refractivity contribution in [1.29, 1.82) is 0 Å². The lowest BCUT2D eigenvalue weighted by Gasteiger charge is -2.12. The molecule has 0 aliphatic heterocycles. The number of benzene rings is 1. The van der Waals surface area contributed by atoms with Crippen molar-refractivity contribution in [2.75, 3.05) is 6.26 Å². The monoisotopic (exact) mass is 370 g/mol. The van der Waals surface area contributed by atoms with Crippen LogP contribution in [0.2, 0.25) is 0 Å². The predicted molar refractivity (Wildman–Crippen MR) is 101 cm³/mol. The summed E-state index contributed by atoms with van der Waals surface area (Å²) in [5.41, 5.74) is 3.10. The molecule has 0 unspecified atom stereocenters. The van der Waals surface area contributed by atoms with E-state index < -0.39 is 0 Å². The normalized spacial score (nSPS) is 10.9. The average Bonchev–Trinajstić information content (AvgIpc) is 3.24. The third-order valence-electron chi connectivity index (χ3n) is 4.02. The predicted octanol–water partition coefficient (Wildman–Crippen LogP) is 2.51. The molecule has 1 amide bonds. The van der Waals surface area contributed by atoms with Crippen LogP contribution in [0.25, 0.3) is 5.69 Å². The minimum atomic E-state index is -0.0387. The van der Waals surface area contributed by atoms with Crippen molar-refractivity contribution in [2.24, 2.45) is 0 Å². The van der Waals surface area contributed by atoms with Crippen molar-refractivity contribution >= 4 is 17.7 Å². The van der Waals surface area contributed by atoms with E-state index in [1.165, 1.54) is 11.8 Å². The smallest absolute Gasteiger partial charge is 0.222 e. The molecule has 2 heterocycles. The molecule has 7 nitrogen and oxygen atoms in total. The number of nitrogens with zero attached hydrogens (tertiary/aromatic N) is 5. The van der Waals surface area contributed by atoms with E-state index in [-0.39, 0.29) is 5.91 Å². The van der Waals surface area contributed by atoms with Crippen LogP contribution in [0.1, 0.15) is 23.5 Å². The van der Waals surface area contributed by atoms with Gasteiger partial charge >= 0.3 is 0 Å². The lowest BCUT2D eigenvalue weighted by molar-refractivity contribution is -0.121. The molecule has 1 aromatic carbocycles. The first-order valence-corrected chi connectivity index (χ1v) is 9.62. The Labute approximate surface area is 156 Å². The summed E-state index contributed by atoms with van der Waals surface area (Å²) in [6.07, 6.45) is 4.21. The van der Waals surface area contributed by atoms with Crippen molar-refractivity contribution in [3.05, 3.63) is 53.6 Å². The van der Waals surface area contributed by atoms with Crippen LogP contribution in [-0.2, 0) is 17.9 Å². The summed E-state index contributed by atoms with van der Waals surface area (Å²) in [4.78, 5) is 12.2. The van der Waals surface area contributed by atoms with E-state index in [0.717, 1.165) is 22.1 Å². The standard InChI is InChI=1S/C18H22N6OS/c1-13-6-4-5-7-15(13)24-16(20-21-18(24)26-3)12-19-17(25)9-11-23-10-8-14(2)22-23/h4-8,10H,9,11-12H2,1-3H3,(H,19,25). The molecule has 26 heavy (non-hydrogen) atoms. The molecule has 8 heteroatoms. The minimum Gasteiger partial charge on any atom is -0.349 e. The highest BCUT2D eigenvalue weighted by molar-refractivity contribution is 7.98. The van der Waals surface area contributed by atoms with Gasteiger partial charge in [0.05, 0.1) is 17.9 Å². The molecule has 1 N–H and O–H groups in total. The highest BCUT2D eigenvalue weighted by atomic mass is 32.2. The topological polar surface area (TPSA) is 77.6 Å². The van der Waals surface area contributed by atoms with Crippen molar-refractivity contribution in [3.63, 3.8) is 0 Å². The maximum atomic E-state index is 12.2. The Bertz CT molecular complexity index is 901. The van der Waals surface area contributed by atoms with E-state index in [1.807, 2.05) is 61.2 Å². The van der Waals surface area contributed by atoms with Gasteiger partial charge in [-0.2, -0.15) is 5.10 Å². The molecule has 0 saturated heterocycles. The number of carbonyl (C=O) groups excluding carboxylic acids is 1. The molecule has 0 bridgehead atoms. The van der Waals surface area contributed by atoms with Gasteiger partial charge in [0.25, 0.3) is 0 Å². The lowest BCUT2D eigenvalue weighted by atomic mass is 10.2. The second kappa shape index (κ2) is 8.18. The number of carbonyl (C=O) groups is 1. The molecule has 2 aromatic heterocycles. The molecule has 0 spiro atoms. The number of aryl methyl sites for hydroxylation is 3. The molecule has 0 aliphatic rings. The number of nitrogens with one attached hydrogen (secondary N) is 1. The van der Waals surface area contributed by atoms with Crippen LogP contribution in [0.5, 0.6) is 0 Å². The van der Waals surface area contributed by atoms with Gasteiger partial charge in [-0.1, -0.05) is 30.0 Å². The zero-order chi connectivity index (χ0) is 18.5. The van der Waals surface area contributed by atoms with E-state index in [1.54, 1.807) is 4.68 Å². The number of hydrogen-bond acceptors (Lipinski definition) is 5. The molecule has 3 rings (SSSR count). The second-order valence-corrected chi connectivity index (χ2v) is 6.75. The summed E-state index contributed by atoms with van der Waals surface area (Å²) in [7, 11) is 0. The van der Waals surface area contributed by atoms with Gasteiger partial charge in [0.15, 0.2) is 11.0 Å². The molecule has 0 radical (unpaired) electrons. The molecular weight excluding hydrogens is 348 g/mol. The summed E-state index contributed by atoms with van der Waals surface area (Å²) < 4.78 is 3.77. The van der Waals surface area contributed by atoms with Crippen molar-refractivity contribution in [1.82, 2.24) is 29.9 Å². The number of thioether (sulfide) groups is 1. The Morgan fingerprint density at radius 3 is 2.69 bits per heavy atom. The number of aromatic nitrogens is 5. The van der Waals surface area contributed by atoms with Gasteiger partial charge in [-0.3, -0.25) is 14.0 Å². The molecule has 3 aromatic rings. The maximum absolute atomic E-state index is 12.2. The highest BCUT2D eigenvalue weighted by Crippen LogP contribution is 2.22. The fourth-order valence-electron chi connectivity index (χ4n) is 2.67. The number of rotatable bonds is 7. The van der Waals surface area contributed by atoms with Gasteiger partial charge in [0, 0.05) is 19.2 Å². The molecule has 0 atom stereocenters. The minimum absolute atomic E-state index is 0.0387. The van der Waals surface area contributed by atoms with Crippen LogP contribution in [0.4, 0.5) is 0 Å². The van der Waals surface area contributed by atoms with E-state index in [2.05, 4.69) is 20.6 Å². The zero-order valence-electron chi connectivity index (χ0n) is 15.1. The summed E-state index contributed by atoms with van der Waals surface area (Å²) in [5, 5.41) is 16.5. The Morgan fingerprint density at radius 2 is 2.00 bits per heavy atom. The lowest BCUT2D eigenvalue weighted by Crippen LogP contribution is -2.25. The number of para-hydroxylation sites is 1. The molecule has 0 saturated carbocycles. The Hall–Kier alpha value is -2.61. The van der Waals surface area contributed by atoms with Gasteiger partial charge in [-0.15, -0.1) is 10.2 Å². The summed E-state index contributed by atoms with van der Waals surface area (Å²) >= 11 is 1.53. The van der Waals surface area contributed by atoms with E-state index in [9.17, 15) is 4.79 Å². The van der Waals surface area contributed by atoms with Crippen LogP contribution in [0, 0.1) is 13.8 Å². The summed E-state index contributed by atoms with van der Waals surface area (Å²) in [5.74, 6) is 0.676. The van der Waals surface area contributed by atoms with Crippen LogP contribution in [-0.4, -0.2) is 36.7 Å². The van der Waals surface area contributed by atoms with Gasteiger partial charge in [0.2, 0.25) is 5.91 Å². The Morgan fingerprint density at radius 1 is 1.19 bits per heavy atom. The van der Waals surface area contributed by atoms with Crippen molar-refractivity contribution in [2.45, 2.75) is 38.5 Å². The van der Waals surface area contributed by atoms with Gasteiger partial charge in [-0.05, 0) is 37.8 Å². The van der Waals surface area contributed by atoms with Gasteiger partial charge in [-0.25, -0.2) is 0 Å². The molecule has 136 valence electrons. The summed E-state index contributed by atoms with van der Waals surface area (Å²) in [6, 6.07) is 9.99. The van der Waals surface area contributed by atoms with Gasteiger partial charge < -0.3 is 5.32 Å². The van der Waals surface area contributed by atoms with E-state index in [4.69, 9.17) is 0 Å². The fraction of sp³-hybridized carbons (Fsp3) is 0.333. The Kier molecular flexibility index (Phi) is 5.72.